The highest BCUT2D eigenvalue weighted by Crippen LogP contribution is 2.50. The molecular formula is C28H37N5O3. The number of amides is 2. The summed E-state index contributed by atoms with van der Waals surface area (Å²) in [7, 11) is 3.09. The molecule has 1 saturated heterocycles. The molecule has 1 aliphatic carbocycles. The molecule has 2 amide bonds. The van der Waals surface area contributed by atoms with Crippen LogP contribution >= 0.6 is 0 Å². The zero-order chi connectivity index (χ0) is 26.1. The number of piperidine rings is 1. The lowest BCUT2D eigenvalue weighted by Crippen LogP contribution is -2.54. The molecule has 36 heavy (non-hydrogen) atoms. The Bertz CT molecular complexity index is 1200. The Labute approximate surface area is 213 Å². The van der Waals surface area contributed by atoms with Crippen molar-refractivity contribution < 1.29 is 14.3 Å². The smallest absolute Gasteiger partial charge is 0.407 e. The Kier molecular flexibility index (Phi) is 7.33. The number of carbonyl (C=O) groups excluding carboxylic acids is 2. The normalized spacial score (nSPS) is 22.1. The van der Waals surface area contributed by atoms with Crippen molar-refractivity contribution in [1.82, 2.24) is 20.2 Å². The number of alkyl carbamates (subject to hydrolysis) is 1. The maximum Gasteiger partial charge on any atom is 0.407 e. The first-order chi connectivity index (χ1) is 17.2. The summed E-state index contributed by atoms with van der Waals surface area (Å²) < 4.78 is 4.77. The number of methoxy groups -OCH3 is 1. The molecular weight excluding hydrogens is 454 g/mol. The van der Waals surface area contributed by atoms with Crippen molar-refractivity contribution in [2.45, 2.75) is 65.1 Å². The van der Waals surface area contributed by atoms with E-state index >= 15 is 0 Å². The van der Waals surface area contributed by atoms with E-state index in [1.807, 2.05) is 31.9 Å². The quantitative estimate of drug-likeness (QED) is 0.543. The molecule has 2 aromatic rings. The molecule has 4 atom stereocenters. The largest absolute Gasteiger partial charge is 0.453 e. The molecule has 1 aromatic heterocycles. The van der Waals surface area contributed by atoms with Gasteiger partial charge in [0.1, 0.15) is 11.9 Å². The number of aryl methyl sites for hydroxylation is 1. The average Bonchev–Trinajstić information content (AvgIpc) is 3.59. The first kappa shape index (κ1) is 25.7. The van der Waals surface area contributed by atoms with Crippen LogP contribution in [0.15, 0.2) is 41.5 Å². The van der Waals surface area contributed by atoms with Gasteiger partial charge in [-0.05, 0) is 67.7 Å². The minimum absolute atomic E-state index is 0.0687. The predicted octanol–water partition coefficient (Wildman–Crippen LogP) is 4.81. The number of nitrogens with one attached hydrogen (secondary N) is 2. The lowest BCUT2D eigenvalue weighted by molar-refractivity contribution is -0.139. The Hall–Kier alpha value is -3.42. The number of fused-ring (bicyclic) bond motifs is 2. The molecule has 4 unspecified atom stereocenters. The van der Waals surface area contributed by atoms with Crippen LogP contribution in [-0.2, 0) is 9.53 Å². The van der Waals surface area contributed by atoms with Gasteiger partial charge in [-0.25, -0.2) is 9.78 Å². The number of likely N-dealkylation sites (tertiary alicyclic amines) is 1. The molecule has 2 N–H and O–H groups in total. The lowest BCUT2D eigenvalue weighted by atomic mass is 9.95. The number of aromatic amines is 1. The standard InChI is InChI=1S/C28H37N5O3/c1-15(2)23(29-6)21-11-9-18(12-17(21)5)22-14-30-26(31-22)25-19-8-10-20(13-19)33(25)27(34)24(16(3)4)32-28(35)36-7/h9,11-12,14,16,19-20,24-25H,1,8,10,13H2,2-7H3,(H,30,31)(H,32,35). The molecule has 8 heteroatoms. The molecule has 4 rings (SSSR count). The highest BCUT2D eigenvalue weighted by atomic mass is 16.5. The number of hydrogen-bond acceptors (Lipinski definition) is 5. The van der Waals surface area contributed by atoms with Crippen molar-refractivity contribution >= 4 is 17.7 Å². The van der Waals surface area contributed by atoms with Gasteiger partial charge in [0.15, 0.2) is 0 Å². The summed E-state index contributed by atoms with van der Waals surface area (Å²) in [6.07, 6.45) is 4.26. The molecule has 2 heterocycles. The molecule has 2 bridgehead atoms. The zero-order valence-electron chi connectivity index (χ0n) is 22.1. The number of H-pyrrole nitrogens is 1. The van der Waals surface area contributed by atoms with E-state index in [1.165, 1.54) is 7.11 Å². The van der Waals surface area contributed by atoms with Gasteiger partial charge >= 0.3 is 6.09 Å². The molecule has 1 aromatic carbocycles. The molecule has 0 spiro atoms. The van der Waals surface area contributed by atoms with Gasteiger partial charge in [0.05, 0.1) is 30.8 Å². The monoisotopic (exact) mass is 491 g/mol. The van der Waals surface area contributed by atoms with E-state index in [-0.39, 0.29) is 23.9 Å². The number of aromatic nitrogens is 2. The Morgan fingerprint density at radius 2 is 2.06 bits per heavy atom. The zero-order valence-corrected chi connectivity index (χ0v) is 22.1. The van der Waals surface area contributed by atoms with E-state index in [1.54, 1.807) is 7.05 Å². The van der Waals surface area contributed by atoms with Crippen molar-refractivity contribution in [1.29, 1.82) is 0 Å². The molecule has 8 nitrogen and oxygen atoms in total. The number of carbonyl (C=O) groups is 2. The lowest BCUT2D eigenvalue weighted by Gasteiger charge is -2.37. The second-order valence-corrected chi connectivity index (χ2v) is 10.3. The number of ether oxygens (including phenoxy) is 1. The number of rotatable bonds is 7. The van der Waals surface area contributed by atoms with Crippen LogP contribution in [0.1, 0.15) is 63.0 Å². The van der Waals surface area contributed by atoms with Crippen LogP contribution in [-0.4, -0.2) is 58.8 Å². The maximum absolute atomic E-state index is 13.7. The summed E-state index contributed by atoms with van der Waals surface area (Å²) >= 11 is 0. The third kappa shape index (κ3) is 4.68. The van der Waals surface area contributed by atoms with Crippen molar-refractivity contribution in [3.8, 4) is 11.3 Å². The molecule has 2 aliphatic rings. The van der Waals surface area contributed by atoms with Crippen LogP contribution in [0.5, 0.6) is 0 Å². The minimum Gasteiger partial charge on any atom is -0.453 e. The number of aliphatic imine (C=N–C) groups is 1. The van der Waals surface area contributed by atoms with Crippen LogP contribution in [0.2, 0.25) is 0 Å². The number of imidazole rings is 1. The van der Waals surface area contributed by atoms with Crippen LogP contribution < -0.4 is 5.32 Å². The fourth-order valence-electron chi connectivity index (χ4n) is 5.79. The molecule has 0 radical (unpaired) electrons. The summed E-state index contributed by atoms with van der Waals surface area (Å²) in [5.74, 6) is 1.01. The number of hydrogen-bond donors (Lipinski definition) is 2. The van der Waals surface area contributed by atoms with E-state index in [4.69, 9.17) is 9.72 Å². The fourth-order valence-corrected chi connectivity index (χ4v) is 5.79. The molecule has 2 fully saturated rings. The first-order valence-corrected chi connectivity index (χ1v) is 12.6. The topological polar surface area (TPSA) is 99.7 Å². The third-order valence-electron chi connectivity index (χ3n) is 7.53. The van der Waals surface area contributed by atoms with Gasteiger partial charge in [0, 0.05) is 18.7 Å². The van der Waals surface area contributed by atoms with E-state index in [0.717, 1.165) is 58.8 Å². The van der Waals surface area contributed by atoms with Gasteiger partial charge < -0.3 is 19.9 Å². The third-order valence-corrected chi connectivity index (χ3v) is 7.53. The van der Waals surface area contributed by atoms with Crippen molar-refractivity contribution in [3.05, 3.63) is 53.5 Å². The van der Waals surface area contributed by atoms with Crippen LogP contribution in [0.4, 0.5) is 4.79 Å². The summed E-state index contributed by atoms with van der Waals surface area (Å²) in [6, 6.07) is 5.64. The molecule has 192 valence electrons. The van der Waals surface area contributed by atoms with Gasteiger partial charge in [0.25, 0.3) is 0 Å². The van der Waals surface area contributed by atoms with E-state index in [9.17, 15) is 9.59 Å². The second-order valence-electron chi connectivity index (χ2n) is 10.3. The van der Waals surface area contributed by atoms with Crippen molar-refractivity contribution in [3.63, 3.8) is 0 Å². The minimum atomic E-state index is -0.647. The Morgan fingerprint density at radius 3 is 2.67 bits per heavy atom. The van der Waals surface area contributed by atoms with Crippen LogP contribution in [0.3, 0.4) is 0 Å². The number of allylic oxidation sites excluding steroid dienone is 1. The number of benzene rings is 1. The van der Waals surface area contributed by atoms with E-state index < -0.39 is 12.1 Å². The summed E-state index contributed by atoms with van der Waals surface area (Å²) in [4.78, 5) is 40.3. The molecule has 1 aliphatic heterocycles. The SMILES string of the molecule is C=C(C)C(=NC)c1ccc(-c2cnc(C3C4CCC(C4)N3C(=O)C(NC(=O)OC)C(C)C)[nH]2)cc1C. The maximum atomic E-state index is 13.7. The van der Waals surface area contributed by atoms with E-state index in [2.05, 4.69) is 47.0 Å². The Morgan fingerprint density at radius 1 is 1.31 bits per heavy atom. The van der Waals surface area contributed by atoms with Crippen LogP contribution in [0, 0.1) is 18.8 Å². The second kappa shape index (κ2) is 10.3. The average molecular weight is 492 g/mol. The Balaban J connectivity index is 1.62. The fraction of sp³-hybridized carbons (Fsp3) is 0.500. The van der Waals surface area contributed by atoms with Crippen molar-refractivity contribution in [2.75, 3.05) is 14.2 Å². The first-order valence-electron chi connectivity index (χ1n) is 12.6. The molecule has 1 saturated carbocycles. The summed E-state index contributed by atoms with van der Waals surface area (Å²) in [5.41, 5.74) is 5.95. The summed E-state index contributed by atoms with van der Waals surface area (Å²) in [5, 5.41) is 2.74. The summed E-state index contributed by atoms with van der Waals surface area (Å²) in [6.45, 7) is 11.9. The van der Waals surface area contributed by atoms with Crippen LogP contribution in [0.25, 0.3) is 11.3 Å². The van der Waals surface area contributed by atoms with Gasteiger partial charge in [-0.15, -0.1) is 0 Å². The highest BCUT2D eigenvalue weighted by molar-refractivity contribution is 6.12. The van der Waals surface area contributed by atoms with Crippen molar-refractivity contribution in [2.24, 2.45) is 16.8 Å². The highest BCUT2D eigenvalue weighted by Gasteiger charge is 2.51. The predicted molar refractivity (Wildman–Crippen MR) is 141 cm³/mol. The number of nitrogens with zero attached hydrogens (tertiary/aromatic N) is 3. The van der Waals surface area contributed by atoms with Gasteiger partial charge in [-0.2, -0.15) is 0 Å². The van der Waals surface area contributed by atoms with Gasteiger partial charge in [-0.1, -0.05) is 32.6 Å². The van der Waals surface area contributed by atoms with Gasteiger partial charge in [0.2, 0.25) is 5.91 Å². The van der Waals surface area contributed by atoms with Gasteiger partial charge in [-0.3, -0.25) is 9.79 Å². The van der Waals surface area contributed by atoms with E-state index in [0.29, 0.717) is 5.92 Å².